The van der Waals surface area contributed by atoms with Gasteiger partial charge < -0.3 is 10.4 Å². The Kier molecular flexibility index (Phi) is 5.07. The van der Waals surface area contributed by atoms with Gasteiger partial charge in [0.2, 0.25) is 10.0 Å². The lowest BCUT2D eigenvalue weighted by molar-refractivity contribution is 0.166. The highest BCUT2D eigenvalue weighted by Crippen LogP contribution is 2.20. The minimum Gasteiger partial charge on any atom is -0.390 e. The highest BCUT2D eigenvalue weighted by atomic mass is 32.2. The fourth-order valence-corrected chi connectivity index (χ4v) is 5.82. The summed E-state index contributed by atoms with van der Waals surface area (Å²) in [5.41, 5.74) is 0.391. The average Bonchev–Trinajstić information content (AvgIpc) is 2.83. The number of hydrogen-bond donors (Lipinski definition) is 3. The number of aromatic nitrogens is 1. The number of nitrogens with zero attached hydrogens (tertiary/aromatic N) is 1. The molecule has 10 heteroatoms. The van der Waals surface area contributed by atoms with Gasteiger partial charge >= 0.3 is 0 Å². The molecule has 1 saturated heterocycles. The van der Waals surface area contributed by atoms with Crippen LogP contribution in [0, 0.1) is 0 Å². The van der Waals surface area contributed by atoms with Gasteiger partial charge in [-0.3, -0.25) is 4.98 Å². The second-order valence-electron chi connectivity index (χ2n) is 5.93. The van der Waals surface area contributed by atoms with Crippen molar-refractivity contribution in [3.63, 3.8) is 0 Å². The monoisotopic (exact) mass is 385 g/mol. The second kappa shape index (κ2) is 6.96. The van der Waals surface area contributed by atoms with Crippen molar-refractivity contribution < 1.29 is 21.9 Å². The molecule has 2 aromatic rings. The van der Waals surface area contributed by atoms with Gasteiger partial charge in [-0.1, -0.05) is 18.2 Å². The Bertz CT molecular complexity index is 970. The minimum absolute atomic E-state index is 0.0643. The van der Waals surface area contributed by atoms with E-state index in [0.717, 1.165) is 5.39 Å². The van der Waals surface area contributed by atoms with Crippen molar-refractivity contribution in [2.45, 2.75) is 17.0 Å². The van der Waals surface area contributed by atoms with Crippen LogP contribution >= 0.6 is 0 Å². The molecule has 0 radical (unpaired) electrons. The molecule has 3 rings (SSSR count). The van der Waals surface area contributed by atoms with Crippen LogP contribution in [0.2, 0.25) is 0 Å². The number of aliphatic hydroxyl groups is 1. The predicted molar refractivity (Wildman–Crippen MR) is 93.4 cm³/mol. The third-order valence-corrected chi connectivity index (χ3v) is 7.24. The second-order valence-corrected chi connectivity index (χ2v) is 9.82. The molecule has 1 aliphatic rings. The molecule has 1 aromatic carbocycles. The summed E-state index contributed by atoms with van der Waals surface area (Å²) in [6, 6.07) is 7.86. The molecule has 25 heavy (non-hydrogen) atoms. The summed E-state index contributed by atoms with van der Waals surface area (Å²) < 4.78 is 50.3. The Labute approximate surface area is 146 Å². The summed E-state index contributed by atoms with van der Waals surface area (Å²) in [6.07, 6.45) is 0.564. The smallest absolute Gasteiger partial charge is 0.242 e. The molecule has 8 nitrogen and oxygen atoms in total. The maximum absolute atomic E-state index is 12.5. The van der Waals surface area contributed by atoms with Crippen LogP contribution in [0.15, 0.2) is 41.4 Å². The van der Waals surface area contributed by atoms with Crippen LogP contribution in [0.4, 0.5) is 0 Å². The van der Waals surface area contributed by atoms with Crippen LogP contribution < -0.4 is 10.0 Å². The van der Waals surface area contributed by atoms with E-state index in [1.54, 1.807) is 24.3 Å². The van der Waals surface area contributed by atoms with Gasteiger partial charge in [-0.2, -0.15) is 0 Å². The number of sulfonamides is 1. The molecular weight excluding hydrogens is 366 g/mol. The van der Waals surface area contributed by atoms with Crippen molar-refractivity contribution in [2.24, 2.45) is 0 Å². The molecule has 1 fully saturated rings. The van der Waals surface area contributed by atoms with E-state index in [4.69, 9.17) is 0 Å². The summed E-state index contributed by atoms with van der Waals surface area (Å²) in [4.78, 5) is 4.22. The van der Waals surface area contributed by atoms with Crippen LogP contribution in [0.1, 0.15) is 0 Å². The zero-order valence-corrected chi connectivity index (χ0v) is 14.9. The zero-order valence-electron chi connectivity index (χ0n) is 13.3. The van der Waals surface area contributed by atoms with Gasteiger partial charge in [-0.15, -0.1) is 0 Å². The van der Waals surface area contributed by atoms with Crippen LogP contribution in [0.5, 0.6) is 0 Å². The quantitative estimate of drug-likeness (QED) is 0.559. The number of sulfone groups is 1. The normalized spacial score (nSPS) is 23.1. The van der Waals surface area contributed by atoms with Gasteiger partial charge in [0.25, 0.3) is 0 Å². The largest absolute Gasteiger partial charge is 0.390 e. The zero-order chi connectivity index (χ0) is 18.1. The Morgan fingerprint density at radius 2 is 1.92 bits per heavy atom. The van der Waals surface area contributed by atoms with E-state index in [-0.39, 0.29) is 29.5 Å². The standard InChI is InChI=1S/C15H19N3O5S2/c19-13-10-24(20,21)9-12(13)16-7-8-18-25(22,23)14-5-1-3-11-4-2-6-17-15(11)14/h1-6,12-13,16,18-19H,7-10H2/t12-,13-/m0/s1. The molecular formula is C15H19N3O5S2. The summed E-state index contributed by atoms with van der Waals surface area (Å²) in [7, 11) is -6.99. The molecule has 0 spiro atoms. The fraction of sp³-hybridized carbons (Fsp3) is 0.400. The van der Waals surface area contributed by atoms with E-state index in [2.05, 4.69) is 15.0 Å². The molecule has 1 aromatic heterocycles. The number of fused-ring (bicyclic) bond motifs is 1. The average molecular weight is 385 g/mol. The van der Waals surface area contributed by atoms with E-state index in [1.165, 1.54) is 12.3 Å². The molecule has 0 amide bonds. The van der Waals surface area contributed by atoms with Gasteiger partial charge in [-0.05, 0) is 12.1 Å². The van der Waals surface area contributed by atoms with Crippen LogP contribution in [-0.4, -0.2) is 63.7 Å². The summed E-state index contributed by atoms with van der Waals surface area (Å²) in [5.74, 6) is -0.410. The molecule has 3 N–H and O–H groups in total. The van der Waals surface area contributed by atoms with Crippen molar-refractivity contribution in [2.75, 3.05) is 24.6 Å². The van der Waals surface area contributed by atoms with Crippen molar-refractivity contribution in [1.82, 2.24) is 15.0 Å². The predicted octanol–water partition coefficient (Wildman–Crippen LogP) is -0.739. The van der Waals surface area contributed by atoms with Gasteiger partial charge in [-0.25, -0.2) is 21.6 Å². The highest BCUT2D eigenvalue weighted by molar-refractivity contribution is 7.91. The Morgan fingerprint density at radius 1 is 1.16 bits per heavy atom. The molecule has 0 unspecified atom stereocenters. The topological polar surface area (TPSA) is 125 Å². The lowest BCUT2D eigenvalue weighted by atomic mass is 10.2. The van der Waals surface area contributed by atoms with Crippen molar-refractivity contribution in [3.05, 3.63) is 36.5 Å². The lowest BCUT2D eigenvalue weighted by Crippen LogP contribution is -2.42. The van der Waals surface area contributed by atoms with Crippen molar-refractivity contribution in [1.29, 1.82) is 0 Å². The summed E-state index contributed by atoms with van der Waals surface area (Å²) in [6.45, 7) is 0.267. The number of pyridine rings is 1. The van der Waals surface area contributed by atoms with E-state index in [9.17, 15) is 21.9 Å². The molecule has 2 atom stereocenters. The molecule has 136 valence electrons. The van der Waals surface area contributed by atoms with Gasteiger partial charge in [0, 0.05) is 30.7 Å². The first-order valence-electron chi connectivity index (χ1n) is 7.74. The van der Waals surface area contributed by atoms with Gasteiger partial charge in [0.05, 0.1) is 23.1 Å². The molecule has 0 saturated carbocycles. The highest BCUT2D eigenvalue weighted by Gasteiger charge is 2.35. The maximum Gasteiger partial charge on any atom is 0.242 e. The minimum atomic E-state index is -3.75. The SMILES string of the molecule is O=S1(=O)C[C@H](NCCNS(=O)(=O)c2cccc3cccnc23)[C@@H](O)C1. The van der Waals surface area contributed by atoms with Crippen LogP contribution in [0.3, 0.4) is 0 Å². The summed E-state index contributed by atoms with van der Waals surface area (Å²) >= 11 is 0. The summed E-state index contributed by atoms with van der Waals surface area (Å²) in [5, 5.41) is 13.3. The first-order valence-corrected chi connectivity index (χ1v) is 11.0. The Morgan fingerprint density at radius 3 is 2.64 bits per heavy atom. The molecule has 2 heterocycles. The Hall–Kier alpha value is -1.59. The van der Waals surface area contributed by atoms with Gasteiger partial charge in [0.1, 0.15) is 4.90 Å². The third-order valence-electron chi connectivity index (χ3n) is 4.03. The number of benzene rings is 1. The number of aliphatic hydroxyl groups excluding tert-OH is 1. The molecule has 0 aliphatic carbocycles. The van der Waals surface area contributed by atoms with Crippen LogP contribution in [0.25, 0.3) is 10.9 Å². The first-order chi connectivity index (χ1) is 11.8. The van der Waals surface area contributed by atoms with Crippen LogP contribution in [-0.2, 0) is 19.9 Å². The Balaban J connectivity index is 1.63. The lowest BCUT2D eigenvalue weighted by Gasteiger charge is -2.15. The number of rotatable bonds is 6. The van der Waals surface area contributed by atoms with E-state index < -0.39 is 32.0 Å². The number of nitrogens with one attached hydrogen (secondary N) is 2. The number of hydrogen-bond acceptors (Lipinski definition) is 7. The van der Waals surface area contributed by atoms with E-state index in [1.807, 2.05) is 0 Å². The van der Waals surface area contributed by atoms with Crippen molar-refractivity contribution in [3.8, 4) is 0 Å². The third kappa shape index (κ3) is 4.15. The fourth-order valence-electron chi connectivity index (χ4n) is 2.84. The molecule has 0 bridgehead atoms. The van der Waals surface area contributed by atoms with Gasteiger partial charge in [0.15, 0.2) is 9.84 Å². The van der Waals surface area contributed by atoms with Crippen molar-refractivity contribution >= 4 is 30.8 Å². The van der Waals surface area contributed by atoms with E-state index >= 15 is 0 Å². The van der Waals surface area contributed by atoms with E-state index in [0.29, 0.717) is 5.52 Å². The first kappa shape index (κ1) is 18.2. The number of para-hydroxylation sites is 1. The maximum atomic E-state index is 12.5. The molecule has 1 aliphatic heterocycles.